The van der Waals surface area contributed by atoms with Crippen LogP contribution in [0.1, 0.15) is 15.9 Å². The van der Waals surface area contributed by atoms with Crippen LogP contribution in [0.25, 0.3) is 21.2 Å². The van der Waals surface area contributed by atoms with Crippen LogP contribution >= 0.6 is 11.3 Å². The zero-order chi connectivity index (χ0) is 19.0. The number of aryl methyl sites for hydroxylation is 1. The minimum absolute atomic E-state index is 0.0870. The molecule has 0 aliphatic heterocycles. The van der Waals surface area contributed by atoms with E-state index in [-0.39, 0.29) is 5.56 Å². The van der Waals surface area contributed by atoms with Gasteiger partial charge < -0.3 is 9.15 Å². The van der Waals surface area contributed by atoms with Gasteiger partial charge in [-0.25, -0.2) is 9.78 Å². The Labute approximate surface area is 157 Å². The summed E-state index contributed by atoms with van der Waals surface area (Å²) in [7, 11) is 1.58. The van der Waals surface area contributed by atoms with Crippen LogP contribution in [0.4, 0.5) is 5.13 Å². The lowest BCUT2D eigenvalue weighted by atomic mass is 10.2. The van der Waals surface area contributed by atoms with Gasteiger partial charge in [-0.3, -0.25) is 15.6 Å². The molecule has 2 aromatic heterocycles. The first-order valence-corrected chi connectivity index (χ1v) is 8.92. The molecule has 8 heteroatoms. The van der Waals surface area contributed by atoms with Crippen LogP contribution in [0.2, 0.25) is 0 Å². The van der Waals surface area contributed by atoms with E-state index < -0.39 is 11.5 Å². The highest BCUT2D eigenvalue weighted by molar-refractivity contribution is 7.22. The van der Waals surface area contributed by atoms with Crippen LogP contribution in [0.5, 0.6) is 5.75 Å². The van der Waals surface area contributed by atoms with Gasteiger partial charge in [0.05, 0.1) is 11.8 Å². The van der Waals surface area contributed by atoms with Crippen LogP contribution in [-0.4, -0.2) is 18.0 Å². The molecule has 2 heterocycles. The molecule has 27 heavy (non-hydrogen) atoms. The molecule has 2 N–H and O–H groups in total. The van der Waals surface area contributed by atoms with Gasteiger partial charge in [0.15, 0.2) is 0 Å². The largest absolute Gasteiger partial charge is 0.494 e. The predicted molar refractivity (Wildman–Crippen MR) is 104 cm³/mol. The molecule has 7 nitrogen and oxygen atoms in total. The van der Waals surface area contributed by atoms with Gasteiger partial charge in [-0.2, -0.15) is 0 Å². The summed E-state index contributed by atoms with van der Waals surface area (Å²) < 4.78 is 11.5. The van der Waals surface area contributed by atoms with E-state index in [4.69, 9.17) is 9.15 Å². The Bertz CT molecular complexity index is 1230. The molecular formula is C19H15N3O4S. The van der Waals surface area contributed by atoms with Crippen molar-refractivity contribution in [3.8, 4) is 5.75 Å². The average Bonchev–Trinajstić information content (AvgIpc) is 3.11. The van der Waals surface area contributed by atoms with E-state index in [9.17, 15) is 9.59 Å². The number of nitrogens with zero attached hydrogens (tertiary/aromatic N) is 1. The van der Waals surface area contributed by atoms with Gasteiger partial charge >= 0.3 is 5.63 Å². The number of fused-ring (bicyclic) bond motifs is 2. The number of anilines is 1. The zero-order valence-corrected chi connectivity index (χ0v) is 15.3. The number of rotatable bonds is 4. The van der Waals surface area contributed by atoms with E-state index in [2.05, 4.69) is 15.8 Å². The molecule has 0 radical (unpaired) electrons. The fourth-order valence-corrected chi connectivity index (χ4v) is 3.63. The normalized spacial score (nSPS) is 10.9. The minimum Gasteiger partial charge on any atom is -0.494 e. The number of thiazole rings is 1. The smallest absolute Gasteiger partial charge is 0.349 e. The molecule has 136 valence electrons. The van der Waals surface area contributed by atoms with Gasteiger partial charge in [-0.1, -0.05) is 35.6 Å². The molecule has 0 fully saturated rings. The standard InChI is InChI=1S/C19H15N3O4S/c1-10-7-8-14(25-2)15-16(10)27-19(20-15)22-21-17(23)12-9-11-5-3-4-6-13(11)26-18(12)24/h3-9H,1-2H3,(H,20,22)(H,21,23). The van der Waals surface area contributed by atoms with E-state index in [1.165, 1.54) is 17.4 Å². The Morgan fingerprint density at radius 1 is 1.22 bits per heavy atom. The lowest BCUT2D eigenvalue weighted by molar-refractivity contribution is 0.0959. The van der Waals surface area contributed by atoms with Crippen molar-refractivity contribution < 1.29 is 13.9 Å². The minimum atomic E-state index is -0.699. The fourth-order valence-electron chi connectivity index (χ4n) is 2.73. The fraction of sp³-hybridized carbons (Fsp3) is 0.105. The van der Waals surface area contributed by atoms with E-state index in [0.29, 0.717) is 27.4 Å². The maximum Gasteiger partial charge on any atom is 0.349 e. The maximum absolute atomic E-state index is 12.4. The number of hydrogen-bond acceptors (Lipinski definition) is 7. The Morgan fingerprint density at radius 3 is 2.85 bits per heavy atom. The first-order valence-electron chi connectivity index (χ1n) is 8.10. The van der Waals surface area contributed by atoms with Crippen molar-refractivity contribution in [3.63, 3.8) is 0 Å². The van der Waals surface area contributed by atoms with E-state index in [1.54, 1.807) is 31.4 Å². The van der Waals surface area contributed by atoms with Crippen molar-refractivity contribution in [2.45, 2.75) is 6.92 Å². The Morgan fingerprint density at radius 2 is 2.04 bits per heavy atom. The van der Waals surface area contributed by atoms with Gasteiger partial charge in [0.1, 0.15) is 22.4 Å². The predicted octanol–water partition coefficient (Wildman–Crippen LogP) is 3.48. The molecule has 0 saturated carbocycles. The summed E-state index contributed by atoms with van der Waals surface area (Å²) in [6.45, 7) is 1.97. The van der Waals surface area contributed by atoms with Crippen LogP contribution < -0.4 is 21.2 Å². The molecule has 4 rings (SSSR count). The second kappa shape index (κ2) is 6.73. The highest BCUT2D eigenvalue weighted by Gasteiger charge is 2.15. The van der Waals surface area contributed by atoms with Gasteiger partial charge in [0.2, 0.25) is 5.13 Å². The Kier molecular flexibility index (Phi) is 4.25. The summed E-state index contributed by atoms with van der Waals surface area (Å²) in [5, 5.41) is 1.15. The summed E-state index contributed by atoms with van der Waals surface area (Å²) in [6.07, 6.45) is 0. The van der Waals surface area contributed by atoms with Crippen LogP contribution in [0, 0.1) is 6.92 Å². The van der Waals surface area contributed by atoms with Crippen molar-refractivity contribution in [3.05, 3.63) is 64.0 Å². The lowest BCUT2D eigenvalue weighted by Gasteiger charge is -2.05. The first kappa shape index (κ1) is 17.0. The molecule has 0 aliphatic carbocycles. The third-order valence-electron chi connectivity index (χ3n) is 4.09. The molecule has 4 aromatic rings. The van der Waals surface area contributed by atoms with Crippen molar-refractivity contribution >= 4 is 43.6 Å². The summed E-state index contributed by atoms with van der Waals surface area (Å²) in [5.74, 6) is 0.0545. The molecule has 0 saturated heterocycles. The lowest BCUT2D eigenvalue weighted by Crippen LogP contribution is -2.32. The molecular weight excluding hydrogens is 366 g/mol. The molecule has 0 aliphatic rings. The van der Waals surface area contributed by atoms with E-state index in [0.717, 1.165) is 10.3 Å². The summed E-state index contributed by atoms with van der Waals surface area (Å²) in [4.78, 5) is 28.9. The highest BCUT2D eigenvalue weighted by Crippen LogP contribution is 2.34. The molecule has 0 unspecified atom stereocenters. The molecule has 1 amide bonds. The summed E-state index contributed by atoms with van der Waals surface area (Å²) in [5.41, 5.74) is 6.67. The molecule has 0 spiro atoms. The van der Waals surface area contributed by atoms with Gasteiger partial charge in [0.25, 0.3) is 5.91 Å². The van der Waals surface area contributed by atoms with Crippen molar-refractivity contribution in [2.24, 2.45) is 0 Å². The van der Waals surface area contributed by atoms with E-state index in [1.807, 2.05) is 19.1 Å². The number of amides is 1. The number of aromatic nitrogens is 1. The van der Waals surface area contributed by atoms with Crippen molar-refractivity contribution in [1.29, 1.82) is 0 Å². The average molecular weight is 381 g/mol. The second-order valence-corrected chi connectivity index (χ2v) is 6.85. The third-order valence-corrected chi connectivity index (χ3v) is 5.20. The number of benzene rings is 2. The van der Waals surface area contributed by atoms with Gasteiger partial charge in [-0.15, -0.1) is 0 Å². The maximum atomic E-state index is 12.4. The second-order valence-electron chi connectivity index (χ2n) is 5.85. The van der Waals surface area contributed by atoms with E-state index >= 15 is 0 Å². The van der Waals surface area contributed by atoms with Crippen LogP contribution in [0.3, 0.4) is 0 Å². The quantitative estimate of drug-likeness (QED) is 0.415. The number of ether oxygens (including phenoxy) is 1. The van der Waals surface area contributed by atoms with Crippen molar-refractivity contribution in [2.75, 3.05) is 12.5 Å². The summed E-state index contributed by atoms with van der Waals surface area (Å²) in [6, 6.07) is 12.3. The van der Waals surface area contributed by atoms with Gasteiger partial charge in [-0.05, 0) is 30.7 Å². The monoisotopic (exact) mass is 381 g/mol. The molecule has 0 atom stereocenters. The van der Waals surface area contributed by atoms with Crippen LogP contribution in [0.15, 0.2) is 51.7 Å². The van der Waals surface area contributed by atoms with Crippen LogP contribution in [-0.2, 0) is 0 Å². The third kappa shape index (κ3) is 3.11. The Hall–Kier alpha value is -3.39. The molecule has 0 bridgehead atoms. The zero-order valence-electron chi connectivity index (χ0n) is 14.5. The number of methoxy groups -OCH3 is 1. The summed E-state index contributed by atoms with van der Waals surface area (Å²) >= 11 is 1.38. The SMILES string of the molecule is COc1ccc(C)c2sc(NNC(=O)c3cc4ccccc4oc3=O)nc12. The number of hydrazine groups is 1. The topological polar surface area (TPSA) is 93.5 Å². The Balaban J connectivity index is 1.59. The number of carbonyl (C=O) groups excluding carboxylic acids is 1. The van der Waals surface area contributed by atoms with Gasteiger partial charge in [0, 0.05) is 5.39 Å². The van der Waals surface area contributed by atoms with Crippen molar-refractivity contribution in [1.82, 2.24) is 10.4 Å². The number of nitrogens with one attached hydrogen (secondary N) is 2. The number of hydrogen-bond donors (Lipinski definition) is 2. The molecule has 2 aromatic carbocycles. The highest BCUT2D eigenvalue weighted by atomic mass is 32.1. The first-order chi connectivity index (χ1) is 13.1. The number of carbonyl (C=O) groups is 1. The number of para-hydroxylation sites is 1.